The Labute approximate surface area is 188 Å². The van der Waals surface area contributed by atoms with Crippen LogP contribution in [-0.4, -0.2) is 51.9 Å². The van der Waals surface area contributed by atoms with Crippen molar-refractivity contribution in [2.24, 2.45) is 5.92 Å². The van der Waals surface area contributed by atoms with Gasteiger partial charge in [-0.25, -0.2) is 12.8 Å². The molecule has 1 aliphatic rings. The van der Waals surface area contributed by atoms with Crippen LogP contribution in [0.25, 0.3) is 0 Å². The summed E-state index contributed by atoms with van der Waals surface area (Å²) in [6, 6.07) is 13.3. The quantitative estimate of drug-likeness (QED) is 0.603. The zero-order valence-corrected chi connectivity index (χ0v) is 19.0. The lowest BCUT2D eigenvalue weighted by atomic mass is 9.99. The number of benzene rings is 2. The molecule has 2 aromatic carbocycles. The van der Waals surface area contributed by atoms with Gasteiger partial charge in [-0.2, -0.15) is 4.31 Å². The van der Waals surface area contributed by atoms with Gasteiger partial charge in [0.05, 0.1) is 15.8 Å². The van der Waals surface area contributed by atoms with Gasteiger partial charge >= 0.3 is 0 Å². The summed E-state index contributed by atoms with van der Waals surface area (Å²) in [5.41, 5.74) is 1.11. The summed E-state index contributed by atoms with van der Waals surface area (Å²) in [5, 5.41) is 2.69. The minimum atomic E-state index is -3.84. The molecule has 1 N–H and O–H groups in total. The molecule has 3 rings (SSSR count). The Morgan fingerprint density at radius 1 is 1.26 bits per heavy atom. The van der Waals surface area contributed by atoms with Crippen LogP contribution in [0.5, 0.6) is 0 Å². The summed E-state index contributed by atoms with van der Waals surface area (Å²) in [6.07, 6.45) is 1.99. The molecule has 0 bridgehead atoms. The maximum Gasteiger partial charge on any atom is 0.243 e. The number of carbonyl (C=O) groups excluding carboxylic acids is 1. The van der Waals surface area contributed by atoms with E-state index in [9.17, 15) is 17.6 Å². The second kappa shape index (κ2) is 10.4. The highest BCUT2D eigenvalue weighted by Crippen LogP contribution is 2.26. The fourth-order valence-corrected chi connectivity index (χ4v) is 5.44. The molecule has 1 fully saturated rings. The van der Waals surface area contributed by atoms with Gasteiger partial charge in [-0.1, -0.05) is 29.8 Å². The molecule has 0 aliphatic carbocycles. The SMILES string of the molecule is CN(CCCNC(=O)C1CCCN(S(=O)(=O)c2ccc(F)c(Cl)c2)C1)c1ccccc1. The fourth-order valence-electron chi connectivity index (χ4n) is 3.64. The molecule has 6 nitrogen and oxygen atoms in total. The number of sulfonamides is 1. The molecule has 0 radical (unpaired) electrons. The number of hydrogen-bond acceptors (Lipinski definition) is 4. The van der Waals surface area contributed by atoms with Gasteiger partial charge in [0.15, 0.2) is 0 Å². The fraction of sp³-hybridized carbons (Fsp3) is 0.409. The predicted molar refractivity (Wildman–Crippen MR) is 120 cm³/mol. The molecular weight excluding hydrogens is 441 g/mol. The van der Waals surface area contributed by atoms with Gasteiger partial charge in [-0.15, -0.1) is 0 Å². The van der Waals surface area contributed by atoms with Gasteiger partial charge in [0.1, 0.15) is 5.82 Å². The second-order valence-electron chi connectivity index (χ2n) is 7.68. The smallest absolute Gasteiger partial charge is 0.243 e. The molecule has 0 saturated carbocycles. The Balaban J connectivity index is 1.51. The molecule has 9 heteroatoms. The van der Waals surface area contributed by atoms with Crippen molar-refractivity contribution in [2.45, 2.75) is 24.2 Å². The van der Waals surface area contributed by atoms with Crippen LogP contribution in [0.15, 0.2) is 53.4 Å². The van der Waals surface area contributed by atoms with E-state index < -0.39 is 21.8 Å². The first-order valence-electron chi connectivity index (χ1n) is 10.3. The number of anilines is 1. The lowest BCUT2D eigenvalue weighted by Crippen LogP contribution is -2.45. The molecule has 1 heterocycles. The van der Waals surface area contributed by atoms with Gasteiger partial charge in [0.2, 0.25) is 15.9 Å². The number of nitrogens with zero attached hydrogens (tertiary/aromatic N) is 2. The van der Waals surface area contributed by atoms with Crippen molar-refractivity contribution < 1.29 is 17.6 Å². The molecule has 1 amide bonds. The van der Waals surface area contributed by atoms with Crippen LogP contribution in [0.2, 0.25) is 5.02 Å². The third kappa shape index (κ3) is 5.96. The summed E-state index contributed by atoms with van der Waals surface area (Å²) in [6.45, 7) is 1.74. The lowest BCUT2D eigenvalue weighted by Gasteiger charge is -2.31. The molecule has 31 heavy (non-hydrogen) atoms. The van der Waals surface area contributed by atoms with Crippen LogP contribution < -0.4 is 10.2 Å². The molecular formula is C22H27ClFN3O3S. The highest BCUT2D eigenvalue weighted by atomic mass is 35.5. The molecule has 0 spiro atoms. The minimum Gasteiger partial charge on any atom is -0.375 e. The Morgan fingerprint density at radius 2 is 2.00 bits per heavy atom. The van der Waals surface area contributed by atoms with Gasteiger partial charge < -0.3 is 10.2 Å². The Bertz CT molecular complexity index is 1000. The lowest BCUT2D eigenvalue weighted by molar-refractivity contribution is -0.126. The first kappa shape index (κ1) is 23.5. The van der Waals surface area contributed by atoms with E-state index in [-0.39, 0.29) is 22.4 Å². The van der Waals surface area contributed by atoms with Gasteiger partial charge in [0, 0.05) is 38.9 Å². The number of amides is 1. The zero-order chi connectivity index (χ0) is 22.4. The first-order chi connectivity index (χ1) is 14.8. The maximum atomic E-state index is 13.4. The van der Waals surface area contributed by atoms with Crippen molar-refractivity contribution in [2.75, 3.05) is 38.1 Å². The number of halogens is 2. The van der Waals surface area contributed by atoms with Crippen LogP contribution in [0.3, 0.4) is 0 Å². The van der Waals surface area contributed by atoms with Gasteiger partial charge in [-0.05, 0) is 49.6 Å². The van der Waals surface area contributed by atoms with E-state index in [0.717, 1.165) is 30.8 Å². The predicted octanol–water partition coefficient (Wildman–Crippen LogP) is 3.52. The molecule has 1 unspecified atom stereocenters. The van der Waals surface area contributed by atoms with E-state index in [1.165, 1.54) is 10.4 Å². The van der Waals surface area contributed by atoms with E-state index in [1.807, 2.05) is 37.4 Å². The van der Waals surface area contributed by atoms with Gasteiger partial charge in [-0.3, -0.25) is 4.79 Å². The number of carbonyl (C=O) groups is 1. The molecule has 1 saturated heterocycles. The zero-order valence-electron chi connectivity index (χ0n) is 17.4. The summed E-state index contributed by atoms with van der Waals surface area (Å²) in [4.78, 5) is 14.7. The van der Waals surface area contributed by atoms with Gasteiger partial charge in [0.25, 0.3) is 0 Å². The minimum absolute atomic E-state index is 0.0658. The van der Waals surface area contributed by atoms with Crippen molar-refractivity contribution in [1.82, 2.24) is 9.62 Å². The molecule has 0 aromatic heterocycles. The Morgan fingerprint density at radius 3 is 2.71 bits per heavy atom. The highest BCUT2D eigenvalue weighted by Gasteiger charge is 2.33. The van der Waals surface area contributed by atoms with E-state index in [4.69, 9.17) is 11.6 Å². The van der Waals surface area contributed by atoms with Crippen molar-refractivity contribution in [3.05, 3.63) is 59.4 Å². The third-order valence-corrected chi connectivity index (χ3v) is 7.60. The summed E-state index contributed by atoms with van der Waals surface area (Å²) in [7, 11) is -1.84. The first-order valence-corrected chi connectivity index (χ1v) is 12.1. The maximum absolute atomic E-state index is 13.4. The number of hydrogen-bond donors (Lipinski definition) is 1. The normalized spacial score (nSPS) is 17.3. The Kier molecular flexibility index (Phi) is 7.91. The standard InChI is InChI=1S/C22H27ClFN3O3S/c1-26(18-8-3-2-4-9-18)13-6-12-25-22(28)17-7-5-14-27(16-17)31(29,30)19-10-11-21(24)20(23)15-19/h2-4,8-11,15,17H,5-7,12-14,16H2,1H3,(H,25,28). The molecule has 1 aliphatic heterocycles. The van der Waals surface area contributed by atoms with Crippen LogP contribution in [0.1, 0.15) is 19.3 Å². The number of piperidine rings is 1. The summed E-state index contributed by atoms with van der Waals surface area (Å²) in [5.74, 6) is -1.22. The highest BCUT2D eigenvalue weighted by molar-refractivity contribution is 7.89. The van der Waals surface area contributed by atoms with Crippen molar-refractivity contribution in [1.29, 1.82) is 0 Å². The summed E-state index contributed by atoms with van der Waals surface area (Å²) < 4.78 is 40.5. The number of rotatable bonds is 8. The average Bonchev–Trinajstić information content (AvgIpc) is 2.78. The topological polar surface area (TPSA) is 69.7 Å². The van der Waals surface area contributed by atoms with Crippen LogP contribution >= 0.6 is 11.6 Å². The number of nitrogens with one attached hydrogen (secondary N) is 1. The number of para-hydroxylation sites is 1. The van der Waals surface area contributed by atoms with Crippen molar-refractivity contribution >= 4 is 33.2 Å². The van der Waals surface area contributed by atoms with Crippen LogP contribution in [-0.2, 0) is 14.8 Å². The van der Waals surface area contributed by atoms with E-state index >= 15 is 0 Å². The largest absolute Gasteiger partial charge is 0.375 e. The monoisotopic (exact) mass is 467 g/mol. The van der Waals surface area contributed by atoms with E-state index in [0.29, 0.717) is 25.9 Å². The molecule has 2 aromatic rings. The Hall–Kier alpha value is -2.16. The molecule has 1 atom stereocenters. The van der Waals surface area contributed by atoms with Crippen molar-refractivity contribution in [3.8, 4) is 0 Å². The van der Waals surface area contributed by atoms with E-state index in [1.54, 1.807) is 0 Å². The third-order valence-electron chi connectivity index (χ3n) is 5.45. The van der Waals surface area contributed by atoms with E-state index in [2.05, 4.69) is 10.2 Å². The van der Waals surface area contributed by atoms with Crippen LogP contribution in [0.4, 0.5) is 10.1 Å². The summed E-state index contributed by atoms with van der Waals surface area (Å²) >= 11 is 5.74. The van der Waals surface area contributed by atoms with Crippen molar-refractivity contribution in [3.63, 3.8) is 0 Å². The molecule has 168 valence electrons. The second-order valence-corrected chi connectivity index (χ2v) is 10.0. The average molecular weight is 468 g/mol. The van der Waals surface area contributed by atoms with Crippen LogP contribution in [0, 0.1) is 11.7 Å².